The molecule has 1 aliphatic rings. The van der Waals surface area contributed by atoms with Gasteiger partial charge in [-0.15, -0.1) is 13.2 Å². The van der Waals surface area contributed by atoms with Gasteiger partial charge in [0, 0.05) is 12.1 Å². The Morgan fingerprint density at radius 1 is 1.23 bits per heavy atom. The first kappa shape index (κ1) is 24.3. The van der Waals surface area contributed by atoms with Gasteiger partial charge in [0.25, 0.3) is 5.91 Å². The minimum absolute atomic E-state index is 0.0638. The average Bonchev–Trinajstić information content (AvgIpc) is 3.00. The van der Waals surface area contributed by atoms with E-state index in [1.807, 2.05) is 0 Å². The molecule has 0 spiro atoms. The molecule has 1 aliphatic heterocycles. The summed E-state index contributed by atoms with van der Waals surface area (Å²) in [4.78, 5) is 38.8. The lowest BCUT2D eigenvalue weighted by Gasteiger charge is -2.29. The maximum Gasteiger partial charge on any atom is 0.573 e. The third-order valence-electron chi connectivity index (χ3n) is 4.38. The quantitative estimate of drug-likeness (QED) is 0.698. The maximum absolute atomic E-state index is 13.2. The summed E-state index contributed by atoms with van der Waals surface area (Å²) < 4.78 is 51.5. The van der Waals surface area contributed by atoms with Gasteiger partial charge in [-0.05, 0) is 51.0 Å². The zero-order chi connectivity index (χ0) is 23.6. The van der Waals surface area contributed by atoms with Gasteiger partial charge in [0.05, 0.1) is 7.11 Å². The molecule has 0 saturated heterocycles. The number of anilines is 1. The number of esters is 1. The van der Waals surface area contributed by atoms with Crippen LogP contribution in [0.1, 0.15) is 39.7 Å². The SMILES string of the molecule is CC[C@H](NC(=O)OC(C)(C)C)C(=O)N1c2ccc(OC(F)(F)F)cc2CC1C(=O)OC. The minimum atomic E-state index is -4.88. The monoisotopic (exact) mass is 446 g/mol. The van der Waals surface area contributed by atoms with Crippen LogP contribution in [0.25, 0.3) is 0 Å². The van der Waals surface area contributed by atoms with Crippen molar-refractivity contribution in [2.75, 3.05) is 12.0 Å². The van der Waals surface area contributed by atoms with Crippen molar-refractivity contribution < 1.29 is 41.8 Å². The average molecular weight is 446 g/mol. The highest BCUT2D eigenvalue weighted by atomic mass is 19.4. The molecule has 2 amide bonds. The summed E-state index contributed by atoms with van der Waals surface area (Å²) in [7, 11) is 1.14. The van der Waals surface area contributed by atoms with Crippen LogP contribution in [0.3, 0.4) is 0 Å². The second-order valence-electron chi connectivity index (χ2n) is 7.90. The van der Waals surface area contributed by atoms with E-state index in [0.717, 1.165) is 24.1 Å². The lowest BCUT2D eigenvalue weighted by molar-refractivity contribution is -0.274. The lowest BCUT2D eigenvalue weighted by atomic mass is 10.1. The second-order valence-corrected chi connectivity index (χ2v) is 7.90. The number of amides is 2. The van der Waals surface area contributed by atoms with Crippen LogP contribution in [0, 0.1) is 0 Å². The molecule has 0 radical (unpaired) electrons. The van der Waals surface area contributed by atoms with E-state index in [1.165, 1.54) is 6.07 Å². The van der Waals surface area contributed by atoms with Gasteiger partial charge < -0.3 is 19.5 Å². The summed E-state index contributed by atoms with van der Waals surface area (Å²) in [6.45, 7) is 6.66. The van der Waals surface area contributed by atoms with Gasteiger partial charge in [-0.3, -0.25) is 9.69 Å². The largest absolute Gasteiger partial charge is 0.573 e. The highest BCUT2D eigenvalue weighted by Crippen LogP contribution is 2.37. The molecule has 1 heterocycles. The van der Waals surface area contributed by atoms with Crippen molar-refractivity contribution in [3.63, 3.8) is 0 Å². The van der Waals surface area contributed by atoms with E-state index in [2.05, 4.69) is 10.1 Å². The number of nitrogens with one attached hydrogen (secondary N) is 1. The summed E-state index contributed by atoms with van der Waals surface area (Å²) >= 11 is 0. The number of alkyl carbamates (subject to hydrolysis) is 1. The number of halogens is 3. The standard InChI is InChI=1S/C20H25F3N2O6/c1-6-13(24-18(28)31-19(2,3)4)16(26)25-14-8-7-12(30-20(21,22)23)9-11(14)10-15(25)17(27)29-5/h7-9,13,15H,6,10H2,1-5H3,(H,24,28)/t13-,15?/m0/s1. The van der Waals surface area contributed by atoms with Crippen LogP contribution in [0.2, 0.25) is 0 Å². The number of benzene rings is 1. The molecular weight excluding hydrogens is 421 g/mol. The number of ether oxygens (including phenoxy) is 3. The number of carbonyl (C=O) groups excluding carboxylic acids is 3. The van der Waals surface area contributed by atoms with Gasteiger partial charge in [-0.2, -0.15) is 0 Å². The van der Waals surface area contributed by atoms with Crippen LogP contribution in [-0.4, -0.2) is 49.1 Å². The maximum atomic E-state index is 13.2. The van der Waals surface area contributed by atoms with Crippen molar-refractivity contribution in [1.29, 1.82) is 0 Å². The summed E-state index contributed by atoms with van der Waals surface area (Å²) in [5, 5.41) is 2.47. The van der Waals surface area contributed by atoms with Gasteiger partial charge in [0.15, 0.2) is 0 Å². The molecule has 1 aromatic carbocycles. The molecular formula is C20H25F3N2O6. The van der Waals surface area contributed by atoms with Crippen molar-refractivity contribution in [3.05, 3.63) is 23.8 Å². The van der Waals surface area contributed by atoms with Crippen LogP contribution < -0.4 is 15.0 Å². The number of nitrogens with zero attached hydrogens (tertiary/aromatic N) is 1. The number of hydrogen-bond donors (Lipinski definition) is 1. The van der Waals surface area contributed by atoms with Crippen molar-refractivity contribution in [2.45, 2.75) is 64.6 Å². The van der Waals surface area contributed by atoms with Crippen molar-refractivity contribution in [2.24, 2.45) is 0 Å². The second kappa shape index (κ2) is 9.03. The Kier molecular flexibility index (Phi) is 7.07. The Bertz CT molecular complexity index is 850. The summed E-state index contributed by atoms with van der Waals surface area (Å²) in [5.41, 5.74) is -0.244. The molecule has 31 heavy (non-hydrogen) atoms. The molecule has 0 saturated carbocycles. The molecule has 0 bridgehead atoms. The van der Waals surface area contributed by atoms with Gasteiger partial charge in [-0.25, -0.2) is 9.59 Å². The topological polar surface area (TPSA) is 94.2 Å². The fourth-order valence-electron chi connectivity index (χ4n) is 3.18. The van der Waals surface area contributed by atoms with Gasteiger partial charge >= 0.3 is 18.4 Å². The number of hydrogen-bond acceptors (Lipinski definition) is 6. The number of carbonyl (C=O) groups is 3. The Morgan fingerprint density at radius 3 is 2.39 bits per heavy atom. The van der Waals surface area contributed by atoms with E-state index in [-0.39, 0.29) is 18.5 Å². The molecule has 2 atom stereocenters. The number of fused-ring (bicyclic) bond motifs is 1. The third-order valence-corrected chi connectivity index (χ3v) is 4.38. The summed E-state index contributed by atoms with van der Waals surface area (Å²) in [6.07, 6.45) is -5.57. The van der Waals surface area contributed by atoms with E-state index in [9.17, 15) is 27.6 Å². The van der Waals surface area contributed by atoms with Crippen molar-refractivity contribution in [1.82, 2.24) is 5.32 Å². The van der Waals surface area contributed by atoms with E-state index in [4.69, 9.17) is 9.47 Å². The first-order valence-electron chi connectivity index (χ1n) is 9.54. The Morgan fingerprint density at radius 2 is 1.87 bits per heavy atom. The molecule has 0 fully saturated rings. The number of methoxy groups -OCH3 is 1. The van der Waals surface area contributed by atoms with Crippen LogP contribution in [0.5, 0.6) is 5.75 Å². The van der Waals surface area contributed by atoms with E-state index in [0.29, 0.717) is 5.56 Å². The first-order chi connectivity index (χ1) is 14.3. The van der Waals surface area contributed by atoms with Crippen LogP contribution in [-0.2, 0) is 25.5 Å². The smallest absolute Gasteiger partial charge is 0.467 e. The molecule has 2 rings (SSSR count). The van der Waals surface area contributed by atoms with E-state index in [1.54, 1.807) is 27.7 Å². The van der Waals surface area contributed by atoms with Crippen LogP contribution >= 0.6 is 0 Å². The number of rotatable bonds is 5. The van der Waals surface area contributed by atoms with Gasteiger partial charge in [0.2, 0.25) is 0 Å². The van der Waals surface area contributed by atoms with E-state index >= 15 is 0 Å². The lowest BCUT2D eigenvalue weighted by Crippen LogP contribution is -2.53. The fraction of sp³-hybridized carbons (Fsp3) is 0.550. The molecule has 0 aromatic heterocycles. The molecule has 1 aromatic rings. The molecule has 172 valence electrons. The zero-order valence-electron chi connectivity index (χ0n) is 17.8. The minimum Gasteiger partial charge on any atom is -0.467 e. The highest BCUT2D eigenvalue weighted by molar-refractivity contribution is 6.05. The number of alkyl halides is 3. The predicted molar refractivity (Wildman–Crippen MR) is 104 cm³/mol. The highest BCUT2D eigenvalue weighted by Gasteiger charge is 2.42. The zero-order valence-corrected chi connectivity index (χ0v) is 17.8. The molecule has 11 heteroatoms. The summed E-state index contributed by atoms with van der Waals surface area (Å²) in [5.74, 6) is -1.83. The third kappa shape index (κ3) is 6.25. The molecule has 0 aliphatic carbocycles. The van der Waals surface area contributed by atoms with Crippen LogP contribution in [0.4, 0.5) is 23.7 Å². The van der Waals surface area contributed by atoms with Crippen molar-refractivity contribution in [3.8, 4) is 5.75 Å². The molecule has 8 nitrogen and oxygen atoms in total. The van der Waals surface area contributed by atoms with Gasteiger partial charge in [-0.1, -0.05) is 6.92 Å². The Labute approximate surface area is 177 Å². The predicted octanol–water partition coefficient (Wildman–Crippen LogP) is 3.32. The van der Waals surface area contributed by atoms with Gasteiger partial charge in [0.1, 0.15) is 23.4 Å². The Balaban J connectivity index is 2.34. The summed E-state index contributed by atoms with van der Waals surface area (Å²) in [6, 6.07) is 1.31. The fourth-order valence-corrected chi connectivity index (χ4v) is 3.18. The molecule has 1 unspecified atom stereocenters. The van der Waals surface area contributed by atoms with Crippen molar-refractivity contribution >= 4 is 23.7 Å². The van der Waals surface area contributed by atoms with Crippen LogP contribution in [0.15, 0.2) is 18.2 Å². The molecule has 1 N–H and O–H groups in total. The normalized spacial score (nSPS) is 16.9. The first-order valence-corrected chi connectivity index (χ1v) is 9.54. The van der Waals surface area contributed by atoms with E-state index < -0.39 is 47.8 Å². The Hall–Kier alpha value is -2.98.